The molecule has 1 aliphatic heterocycles. The van der Waals surface area contributed by atoms with Crippen LogP contribution in [0.5, 0.6) is 0 Å². The number of aryl methyl sites for hydroxylation is 1. The number of aromatic nitrogens is 3. The van der Waals surface area contributed by atoms with Crippen molar-refractivity contribution in [3.05, 3.63) is 94.8 Å². The summed E-state index contributed by atoms with van der Waals surface area (Å²) in [5.41, 5.74) is 6.38. The van der Waals surface area contributed by atoms with E-state index in [9.17, 15) is 4.39 Å². The molecule has 2 aromatic carbocycles. The first-order chi connectivity index (χ1) is 16.4. The third-order valence-electron chi connectivity index (χ3n) is 5.51. The Morgan fingerprint density at radius 2 is 1.79 bits per heavy atom. The van der Waals surface area contributed by atoms with Gasteiger partial charge in [-0.25, -0.2) is 9.37 Å². The summed E-state index contributed by atoms with van der Waals surface area (Å²) in [7, 11) is 0. The number of halogens is 2. The Bertz CT molecular complexity index is 1540. The van der Waals surface area contributed by atoms with E-state index in [4.69, 9.17) is 21.6 Å². The molecule has 7 heteroatoms. The van der Waals surface area contributed by atoms with Gasteiger partial charge in [0.2, 0.25) is 0 Å². The molecular formula is C27H23ClFN5. The molecule has 1 N–H and O–H groups in total. The van der Waals surface area contributed by atoms with Gasteiger partial charge in [0, 0.05) is 29.0 Å². The summed E-state index contributed by atoms with van der Waals surface area (Å²) in [5, 5.41) is 4.92. The molecule has 0 saturated heterocycles. The SMILES string of the molecule is Cc1ncccc1Nc1cc2nc3cc(F)ccc3n(-c3ccc(Cl)cc3)c-2c/c1=N\C(C)C. The first kappa shape index (κ1) is 22.0. The van der Waals surface area contributed by atoms with Crippen LogP contribution in [-0.4, -0.2) is 20.6 Å². The summed E-state index contributed by atoms with van der Waals surface area (Å²) in [5.74, 6) is -0.335. The number of hydrogen-bond acceptors (Lipinski definition) is 4. The lowest BCUT2D eigenvalue weighted by Crippen LogP contribution is -2.17. The van der Waals surface area contributed by atoms with Crippen LogP contribution in [0.25, 0.3) is 28.1 Å². The van der Waals surface area contributed by atoms with Gasteiger partial charge in [0.15, 0.2) is 0 Å². The Morgan fingerprint density at radius 3 is 2.53 bits per heavy atom. The van der Waals surface area contributed by atoms with E-state index in [0.29, 0.717) is 16.2 Å². The number of nitrogens with one attached hydrogen (secondary N) is 1. The Labute approximate surface area is 202 Å². The van der Waals surface area contributed by atoms with Crippen LogP contribution in [0.1, 0.15) is 19.5 Å². The second-order valence-corrected chi connectivity index (χ2v) is 8.84. The lowest BCUT2D eigenvalue weighted by atomic mass is 10.1. The van der Waals surface area contributed by atoms with Gasteiger partial charge in [-0.15, -0.1) is 0 Å². The van der Waals surface area contributed by atoms with Crippen LogP contribution in [0.4, 0.5) is 15.8 Å². The summed E-state index contributed by atoms with van der Waals surface area (Å²) in [6, 6.07) is 20.1. The van der Waals surface area contributed by atoms with E-state index in [-0.39, 0.29) is 11.9 Å². The fourth-order valence-corrected chi connectivity index (χ4v) is 4.11. The smallest absolute Gasteiger partial charge is 0.125 e. The van der Waals surface area contributed by atoms with Gasteiger partial charge in [-0.05, 0) is 81.4 Å². The fraction of sp³-hybridized carbons (Fsp3) is 0.148. The van der Waals surface area contributed by atoms with E-state index < -0.39 is 0 Å². The predicted octanol–water partition coefficient (Wildman–Crippen LogP) is 6.68. The monoisotopic (exact) mass is 471 g/mol. The summed E-state index contributed by atoms with van der Waals surface area (Å²) >= 11 is 6.15. The number of benzene rings is 3. The molecule has 1 aliphatic carbocycles. The molecule has 0 unspecified atom stereocenters. The molecular weight excluding hydrogens is 449 g/mol. The highest BCUT2D eigenvalue weighted by molar-refractivity contribution is 6.30. The topological polar surface area (TPSA) is 55.1 Å². The van der Waals surface area contributed by atoms with Crippen molar-refractivity contribution in [1.29, 1.82) is 0 Å². The highest BCUT2D eigenvalue weighted by Gasteiger charge is 2.17. The second kappa shape index (κ2) is 8.88. The molecule has 2 aliphatic rings. The van der Waals surface area contributed by atoms with Gasteiger partial charge in [-0.1, -0.05) is 11.6 Å². The fourth-order valence-electron chi connectivity index (χ4n) is 3.98. The van der Waals surface area contributed by atoms with Gasteiger partial charge in [-0.2, -0.15) is 0 Å². The van der Waals surface area contributed by atoms with Crippen LogP contribution in [-0.2, 0) is 0 Å². The number of anilines is 2. The van der Waals surface area contributed by atoms with E-state index in [1.165, 1.54) is 12.1 Å². The number of nitrogens with zero attached hydrogens (tertiary/aromatic N) is 4. The molecule has 0 saturated carbocycles. The summed E-state index contributed by atoms with van der Waals surface area (Å²) in [6.45, 7) is 6.03. The quantitative estimate of drug-likeness (QED) is 0.297. The highest BCUT2D eigenvalue weighted by Crippen LogP contribution is 2.31. The maximum Gasteiger partial charge on any atom is 0.125 e. The van der Waals surface area contributed by atoms with Crippen molar-refractivity contribution in [2.75, 3.05) is 5.32 Å². The van der Waals surface area contributed by atoms with Crippen LogP contribution >= 0.6 is 11.6 Å². The molecule has 0 fully saturated rings. The van der Waals surface area contributed by atoms with Gasteiger partial charge in [-0.3, -0.25) is 9.98 Å². The summed E-state index contributed by atoms with van der Waals surface area (Å²) in [6.07, 6.45) is 1.76. The molecule has 5 rings (SSSR count). The van der Waals surface area contributed by atoms with E-state index in [1.54, 1.807) is 12.3 Å². The van der Waals surface area contributed by atoms with Crippen molar-refractivity contribution in [3.63, 3.8) is 0 Å². The molecule has 0 spiro atoms. The maximum atomic E-state index is 14.1. The molecule has 1 aromatic heterocycles. The molecule has 0 bridgehead atoms. The molecule has 0 atom stereocenters. The third kappa shape index (κ3) is 4.24. The average molecular weight is 472 g/mol. The summed E-state index contributed by atoms with van der Waals surface area (Å²) in [4.78, 5) is 14.1. The molecule has 34 heavy (non-hydrogen) atoms. The minimum absolute atomic E-state index is 0.0829. The number of pyridine rings is 1. The van der Waals surface area contributed by atoms with E-state index in [0.717, 1.165) is 39.3 Å². The van der Waals surface area contributed by atoms with Gasteiger partial charge in [0.05, 0.1) is 44.8 Å². The van der Waals surface area contributed by atoms with E-state index in [2.05, 4.69) is 14.9 Å². The van der Waals surface area contributed by atoms with Crippen LogP contribution < -0.4 is 10.7 Å². The van der Waals surface area contributed by atoms with Crippen LogP contribution in [0.2, 0.25) is 5.02 Å². The summed E-state index contributed by atoms with van der Waals surface area (Å²) < 4.78 is 16.2. The Kier molecular flexibility index (Phi) is 5.75. The number of rotatable bonds is 4. The van der Waals surface area contributed by atoms with Crippen molar-refractivity contribution in [1.82, 2.24) is 14.5 Å². The van der Waals surface area contributed by atoms with Crippen molar-refractivity contribution >= 4 is 34.0 Å². The van der Waals surface area contributed by atoms with Gasteiger partial charge in [0.1, 0.15) is 5.82 Å². The van der Waals surface area contributed by atoms with Crippen LogP contribution in [0, 0.1) is 12.7 Å². The number of fused-ring (bicyclic) bond motifs is 2. The zero-order valence-corrected chi connectivity index (χ0v) is 19.8. The largest absolute Gasteiger partial charge is 0.352 e. The average Bonchev–Trinajstić information content (AvgIpc) is 2.80. The molecule has 170 valence electrons. The standard InChI is InChI=1S/C27H23ClFN5/c1-16(2)31-23-15-27-25(14-22(23)32-21-5-4-12-30-17(21)3)33-24-13-19(29)8-11-26(24)34(27)20-9-6-18(28)7-10-20/h4-16,32H,1-3H3/b31-23+. The predicted molar refractivity (Wildman–Crippen MR) is 136 cm³/mol. The Balaban J connectivity index is 1.84. The van der Waals surface area contributed by atoms with Crippen LogP contribution in [0.15, 0.2) is 77.9 Å². The molecule has 0 radical (unpaired) electrons. The first-order valence-corrected chi connectivity index (χ1v) is 11.4. The highest BCUT2D eigenvalue weighted by atomic mass is 35.5. The second-order valence-electron chi connectivity index (χ2n) is 8.40. The minimum Gasteiger partial charge on any atom is -0.352 e. The van der Waals surface area contributed by atoms with E-state index in [1.807, 2.05) is 69.3 Å². The molecule has 5 nitrogen and oxygen atoms in total. The minimum atomic E-state index is -0.335. The number of hydrogen-bond donors (Lipinski definition) is 1. The maximum absolute atomic E-state index is 14.1. The third-order valence-corrected chi connectivity index (χ3v) is 5.76. The zero-order chi connectivity index (χ0) is 23.8. The van der Waals surface area contributed by atoms with Gasteiger partial charge >= 0.3 is 0 Å². The molecule has 3 aromatic rings. The van der Waals surface area contributed by atoms with E-state index >= 15 is 0 Å². The Morgan fingerprint density at radius 1 is 1.00 bits per heavy atom. The van der Waals surface area contributed by atoms with Crippen molar-refractivity contribution in [2.24, 2.45) is 4.99 Å². The van der Waals surface area contributed by atoms with Crippen LogP contribution in [0.3, 0.4) is 0 Å². The molecule has 2 heterocycles. The zero-order valence-electron chi connectivity index (χ0n) is 19.1. The van der Waals surface area contributed by atoms with Crippen molar-refractivity contribution in [3.8, 4) is 17.1 Å². The first-order valence-electron chi connectivity index (χ1n) is 11.0. The van der Waals surface area contributed by atoms with Gasteiger partial charge < -0.3 is 9.88 Å². The molecule has 0 amide bonds. The normalized spacial score (nSPS) is 12.1. The van der Waals surface area contributed by atoms with Gasteiger partial charge in [0.25, 0.3) is 0 Å². The lowest BCUT2D eigenvalue weighted by molar-refractivity contribution is 0.629. The van der Waals surface area contributed by atoms with Crippen molar-refractivity contribution < 1.29 is 4.39 Å². The van der Waals surface area contributed by atoms with Crippen molar-refractivity contribution in [2.45, 2.75) is 26.8 Å². The lowest BCUT2D eigenvalue weighted by Gasteiger charge is -2.20. The Hall–Kier alpha value is -3.77.